The number of carboxylic acid groups (broad SMARTS) is 1. The van der Waals surface area contributed by atoms with Crippen molar-refractivity contribution in [3.05, 3.63) is 35.4 Å². The van der Waals surface area contributed by atoms with Crippen molar-refractivity contribution >= 4 is 5.97 Å². The minimum atomic E-state index is -0.679. The Morgan fingerprint density at radius 3 is 2.40 bits per heavy atom. The number of carbonyl (C=O) groups is 1. The van der Waals surface area contributed by atoms with Crippen molar-refractivity contribution in [3.8, 4) is 0 Å². The molecule has 0 aliphatic heterocycles. The molecule has 2 heteroatoms. The van der Waals surface area contributed by atoms with Gasteiger partial charge in [0.05, 0.1) is 5.92 Å². The molecule has 1 saturated carbocycles. The van der Waals surface area contributed by atoms with Gasteiger partial charge in [0.15, 0.2) is 0 Å². The first-order chi connectivity index (χ1) is 7.22. The lowest BCUT2D eigenvalue weighted by Crippen LogP contribution is -2.13. The predicted molar refractivity (Wildman–Crippen MR) is 58.9 cm³/mol. The summed E-state index contributed by atoms with van der Waals surface area (Å²) in [6.07, 6.45) is 3.13. The van der Waals surface area contributed by atoms with Gasteiger partial charge in [-0.2, -0.15) is 0 Å². The molecule has 80 valence electrons. The van der Waals surface area contributed by atoms with Crippen LogP contribution in [0.1, 0.15) is 36.8 Å². The Hall–Kier alpha value is -1.31. The Bertz CT molecular complexity index is 349. The molecular formula is C13H16O2. The third kappa shape index (κ3) is 2.20. The molecule has 0 saturated heterocycles. The van der Waals surface area contributed by atoms with Gasteiger partial charge in [-0.3, -0.25) is 4.79 Å². The standard InChI is InChI=1S/C13H16O2/c1-2-9-3-5-10(6-4-9)12(13(14)15)11-7-8-11/h3-6,11-12H,2,7-8H2,1H3,(H,14,15). The largest absolute Gasteiger partial charge is 0.481 e. The number of rotatable bonds is 4. The van der Waals surface area contributed by atoms with Crippen molar-refractivity contribution in [2.45, 2.75) is 32.1 Å². The van der Waals surface area contributed by atoms with Gasteiger partial charge in [-0.15, -0.1) is 0 Å². The van der Waals surface area contributed by atoms with Crippen molar-refractivity contribution in [2.24, 2.45) is 5.92 Å². The predicted octanol–water partition coefficient (Wildman–Crippen LogP) is 2.83. The maximum atomic E-state index is 11.1. The number of hydrogen-bond acceptors (Lipinski definition) is 1. The van der Waals surface area contributed by atoms with E-state index in [1.807, 2.05) is 24.3 Å². The van der Waals surface area contributed by atoms with Crippen LogP contribution in [0.4, 0.5) is 0 Å². The van der Waals surface area contributed by atoms with E-state index in [2.05, 4.69) is 6.92 Å². The summed E-state index contributed by atoms with van der Waals surface area (Å²) in [6.45, 7) is 2.10. The monoisotopic (exact) mass is 204 g/mol. The molecule has 0 heterocycles. The Kier molecular flexibility index (Phi) is 2.76. The van der Waals surface area contributed by atoms with E-state index in [0.29, 0.717) is 5.92 Å². The van der Waals surface area contributed by atoms with Crippen LogP contribution in [-0.2, 0) is 11.2 Å². The maximum absolute atomic E-state index is 11.1. The molecule has 0 radical (unpaired) electrons. The van der Waals surface area contributed by atoms with Crippen LogP contribution in [-0.4, -0.2) is 11.1 Å². The molecule has 1 fully saturated rings. The van der Waals surface area contributed by atoms with E-state index >= 15 is 0 Å². The maximum Gasteiger partial charge on any atom is 0.311 e. The lowest BCUT2D eigenvalue weighted by atomic mass is 9.93. The van der Waals surface area contributed by atoms with Crippen LogP contribution >= 0.6 is 0 Å². The second kappa shape index (κ2) is 4.05. The van der Waals surface area contributed by atoms with E-state index in [-0.39, 0.29) is 5.92 Å². The van der Waals surface area contributed by atoms with Crippen LogP contribution < -0.4 is 0 Å². The second-order valence-corrected chi connectivity index (χ2v) is 4.25. The Morgan fingerprint density at radius 2 is 2.00 bits per heavy atom. The third-order valence-corrected chi connectivity index (χ3v) is 3.11. The van der Waals surface area contributed by atoms with Crippen LogP contribution in [0.25, 0.3) is 0 Å². The van der Waals surface area contributed by atoms with Crippen LogP contribution in [0.3, 0.4) is 0 Å². The first-order valence-corrected chi connectivity index (χ1v) is 5.54. The number of aliphatic carboxylic acids is 1. The zero-order valence-corrected chi connectivity index (χ0v) is 8.94. The zero-order chi connectivity index (χ0) is 10.8. The molecule has 1 aromatic carbocycles. The van der Waals surface area contributed by atoms with Gasteiger partial charge in [0, 0.05) is 0 Å². The van der Waals surface area contributed by atoms with Crippen LogP contribution in [0.5, 0.6) is 0 Å². The number of carboxylic acids is 1. The van der Waals surface area contributed by atoms with E-state index in [1.54, 1.807) is 0 Å². The molecule has 1 aliphatic carbocycles. The highest BCUT2D eigenvalue weighted by molar-refractivity contribution is 5.77. The molecule has 2 rings (SSSR count). The average Bonchev–Trinajstić information content (AvgIpc) is 3.03. The fraction of sp³-hybridized carbons (Fsp3) is 0.462. The van der Waals surface area contributed by atoms with Crippen molar-refractivity contribution in [1.82, 2.24) is 0 Å². The van der Waals surface area contributed by atoms with Gasteiger partial charge in [-0.25, -0.2) is 0 Å². The Balaban J connectivity index is 2.22. The molecule has 15 heavy (non-hydrogen) atoms. The topological polar surface area (TPSA) is 37.3 Å². The summed E-state index contributed by atoms with van der Waals surface area (Å²) in [6, 6.07) is 8.01. The van der Waals surface area contributed by atoms with Crippen LogP contribution in [0.2, 0.25) is 0 Å². The van der Waals surface area contributed by atoms with E-state index in [4.69, 9.17) is 5.11 Å². The number of benzene rings is 1. The fourth-order valence-corrected chi connectivity index (χ4v) is 2.01. The third-order valence-electron chi connectivity index (χ3n) is 3.11. The number of hydrogen-bond donors (Lipinski definition) is 1. The molecule has 0 spiro atoms. The van der Waals surface area contributed by atoms with Crippen molar-refractivity contribution in [1.29, 1.82) is 0 Å². The normalized spacial score (nSPS) is 17.4. The first-order valence-electron chi connectivity index (χ1n) is 5.54. The smallest absolute Gasteiger partial charge is 0.311 e. The van der Waals surface area contributed by atoms with E-state index in [1.165, 1.54) is 5.56 Å². The van der Waals surface area contributed by atoms with Gasteiger partial charge >= 0.3 is 5.97 Å². The van der Waals surface area contributed by atoms with E-state index in [9.17, 15) is 4.79 Å². The van der Waals surface area contributed by atoms with Gasteiger partial charge in [-0.1, -0.05) is 31.2 Å². The fourth-order valence-electron chi connectivity index (χ4n) is 2.01. The molecule has 2 nitrogen and oxygen atoms in total. The van der Waals surface area contributed by atoms with E-state index in [0.717, 1.165) is 24.8 Å². The quantitative estimate of drug-likeness (QED) is 0.818. The summed E-state index contributed by atoms with van der Waals surface area (Å²) >= 11 is 0. The average molecular weight is 204 g/mol. The second-order valence-electron chi connectivity index (χ2n) is 4.25. The molecule has 1 aliphatic rings. The molecule has 0 aromatic heterocycles. The number of aryl methyl sites for hydroxylation is 1. The summed E-state index contributed by atoms with van der Waals surface area (Å²) in [5.41, 5.74) is 2.22. The molecular weight excluding hydrogens is 188 g/mol. The van der Waals surface area contributed by atoms with E-state index < -0.39 is 5.97 Å². The van der Waals surface area contributed by atoms with Crippen LogP contribution in [0, 0.1) is 5.92 Å². The van der Waals surface area contributed by atoms with Crippen molar-refractivity contribution in [2.75, 3.05) is 0 Å². The highest BCUT2D eigenvalue weighted by atomic mass is 16.4. The molecule has 1 N–H and O–H groups in total. The summed E-state index contributed by atoms with van der Waals surface area (Å²) < 4.78 is 0. The van der Waals surface area contributed by atoms with Crippen molar-refractivity contribution < 1.29 is 9.90 Å². The highest BCUT2D eigenvalue weighted by Crippen LogP contribution is 2.42. The molecule has 1 aromatic rings. The molecule has 1 atom stereocenters. The summed E-state index contributed by atoms with van der Waals surface area (Å²) in [5.74, 6) is -0.590. The zero-order valence-electron chi connectivity index (χ0n) is 8.94. The highest BCUT2D eigenvalue weighted by Gasteiger charge is 2.37. The van der Waals surface area contributed by atoms with Crippen molar-refractivity contribution in [3.63, 3.8) is 0 Å². The lowest BCUT2D eigenvalue weighted by Gasteiger charge is -2.11. The molecule has 1 unspecified atom stereocenters. The van der Waals surface area contributed by atoms with Gasteiger partial charge in [0.2, 0.25) is 0 Å². The minimum Gasteiger partial charge on any atom is -0.481 e. The van der Waals surface area contributed by atoms with Crippen LogP contribution in [0.15, 0.2) is 24.3 Å². The SMILES string of the molecule is CCc1ccc(C(C(=O)O)C2CC2)cc1. The summed E-state index contributed by atoms with van der Waals surface area (Å²) in [7, 11) is 0. The summed E-state index contributed by atoms with van der Waals surface area (Å²) in [5, 5.41) is 9.16. The first kappa shape index (κ1) is 10.2. The lowest BCUT2D eigenvalue weighted by molar-refractivity contribution is -0.139. The minimum absolute atomic E-state index is 0.282. The molecule has 0 bridgehead atoms. The van der Waals surface area contributed by atoms with Gasteiger partial charge in [0.25, 0.3) is 0 Å². The Labute approximate surface area is 89.9 Å². The van der Waals surface area contributed by atoms with Gasteiger partial charge < -0.3 is 5.11 Å². The van der Waals surface area contributed by atoms with Gasteiger partial charge in [0.1, 0.15) is 0 Å². The Morgan fingerprint density at radius 1 is 1.40 bits per heavy atom. The molecule has 0 amide bonds. The van der Waals surface area contributed by atoms with Gasteiger partial charge in [-0.05, 0) is 36.3 Å². The summed E-state index contributed by atoms with van der Waals surface area (Å²) in [4.78, 5) is 11.1.